The van der Waals surface area contributed by atoms with Crippen LogP contribution in [0.15, 0.2) is 36.1 Å². The summed E-state index contributed by atoms with van der Waals surface area (Å²) in [5, 5.41) is 13.0. The average molecular weight is 412 g/mol. The van der Waals surface area contributed by atoms with Crippen molar-refractivity contribution < 1.29 is 19.4 Å². The molecule has 2 aromatic heterocycles. The average Bonchev–Trinajstić information content (AvgIpc) is 3.17. The zero-order valence-corrected chi connectivity index (χ0v) is 17.0. The SMILES string of the molecule is COC(=O)c1cnc(-c2ccc(C)c(C(=O)NC[C@@H](O)c3scnc3C)c2)nc1. The number of hydrogen-bond donors (Lipinski definition) is 2. The van der Waals surface area contributed by atoms with E-state index in [9.17, 15) is 14.7 Å². The number of rotatable bonds is 6. The number of nitrogens with one attached hydrogen (secondary N) is 1. The van der Waals surface area contributed by atoms with Gasteiger partial charge in [-0.15, -0.1) is 11.3 Å². The smallest absolute Gasteiger partial charge is 0.341 e. The number of carbonyl (C=O) groups is 2. The largest absolute Gasteiger partial charge is 0.465 e. The first kappa shape index (κ1) is 20.6. The molecule has 8 nitrogen and oxygen atoms in total. The molecule has 2 heterocycles. The maximum Gasteiger partial charge on any atom is 0.341 e. The molecule has 0 fully saturated rings. The molecule has 0 aliphatic carbocycles. The Labute approximate surface area is 171 Å². The van der Waals surface area contributed by atoms with Gasteiger partial charge in [0.1, 0.15) is 6.10 Å². The van der Waals surface area contributed by atoms with Crippen LogP contribution < -0.4 is 5.32 Å². The zero-order valence-electron chi connectivity index (χ0n) is 16.2. The second-order valence-corrected chi connectivity index (χ2v) is 7.23. The van der Waals surface area contributed by atoms with Crippen LogP contribution in [-0.4, -0.2) is 45.6 Å². The van der Waals surface area contributed by atoms with Gasteiger partial charge in [-0.3, -0.25) is 4.79 Å². The van der Waals surface area contributed by atoms with Crippen molar-refractivity contribution in [2.75, 3.05) is 13.7 Å². The molecule has 9 heteroatoms. The van der Waals surface area contributed by atoms with E-state index in [0.29, 0.717) is 17.0 Å². The molecule has 3 aromatic rings. The first-order valence-electron chi connectivity index (χ1n) is 8.78. The maximum absolute atomic E-state index is 12.7. The second-order valence-electron chi connectivity index (χ2n) is 6.34. The van der Waals surface area contributed by atoms with Crippen LogP contribution in [0.2, 0.25) is 0 Å². The van der Waals surface area contributed by atoms with Crippen molar-refractivity contribution in [1.82, 2.24) is 20.3 Å². The summed E-state index contributed by atoms with van der Waals surface area (Å²) in [5.41, 5.74) is 4.53. The van der Waals surface area contributed by atoms with Gasteiger partial charge in [0.2, 0.25) is 0 Å². The summed E-state index contributed by atoms with van der Waals surface area (Å²) in [7, 11) is 1.29. The van der Waals surface area contributed by atoms with Crippen LogP contribution in [0, 0.1) is 13.8 Å². The van der Waals surface area contributed by atoms with E-state index in [4.69, 9.17) is 0 Å². The molecule has 1 atom stereocenters. The van der Waals surface area contributed by atoms with Crippen molar-refractivity contribution in [2.24, 2.45) is 0 Å². The van der Waals surface area contributed by atoms with Gasteiger partial charge in [-0.05, 0) is 25.5 Å². The van der Waals surface area contributed by atoms with E-state index in [1.807, 2.05) is 13.8 Å². The minimum Gasteiger partial charge on any atom is -0.465 e. The number of aliphatic hydroxyl groups excluding tert-OH is 1. The third-order valence-corrected chi connectivity index (χ3v) is 5.39. The van der Waals surface area contributed by atoms with Crippen molar-refractivity contribution in [3.05, 3.63) is 63.4 Å². The fraction of sp³-hybridized carbons (Fsp3) is 0.250. The predicted molar refractivity (Wildman–Crippen MR) is 108 cm³/mol. The van der Waals surface area contributed by atoms with Crippen molar-refractivity contribution in [3.8, 4) is 11.4 Å². The van der Waals surface area contributed by atoms with Gasteiger partial charge in [0.05, 0.1) is 28.8 Å². The van der Waals surface area contributed by atoms with Crippen LogP contribution in [0.4, 0.5) is 0 Å². The summed E-state index contributed by atoms with van der Waals surface area (Å²) < 4.78 is 4.63. The molecule has 0 aliphatic rings. The van der Waals surface area contributed by atoms with Gasteiger partial charge in [0.15, 0.2) is 5.82 Å². The normalized spacial score (nSPS) is 11.7. The number of aliphatic hydroxyl groups is 1. The van der Waals surface area contributed by atoms with Crippen LogP contribution in [0.5, 0.6) is 0 Å². The second kappa shape index (κ2) is 8.89. The summed E-state index contributed by atoms with van der Waals surface area (Å²) in [6, 6.07) is 5.28. The lowest BCUT2D eigenvalue weighted by Gasteiger charge is -2.13. The lowest BCUT2D eigenvalue weighted by molar-refractivity contribution is 0.0599. The first-order valence-corrected chi connectivity index (χ1v) is 9.66. The quantitative estimate of drug-likeness (QED) is 0.598. The number of nitrogens with zero attached hydrogens (tertiary/aromatic N) is 3. The number of methoxy groups -OCH3 is 1. The molecule has 0 spiro atoms. The summed E-state index contributed by atoms with van der Waals surface area (Å²) in [6.45, 7) is 3.72. The van der Waals surface area contributed by atoms with E-state index in [1.54, 1.807) is 23.7 Å². The van der Waals surface area contributed by atoms with Crippen LogP contribution in [-0.2, 0) is 4.74 Å². The Morgan fingerprint density at radius 1 is 1.21 bits per heavy atom. The van der Waals surface area contributed by atoms with Gasteiger partial charge in [0, 0.05) is 30.1 Å². The maximum atomic E-state index is 12.7. The Kier molecular flexibility index (Phi) is 6.30. The molecular formula is C20H20N4O4S. The molecular weight excluding hydrogens is 392 g/mol. The van der Waals surface area contributed by atoms with E-state index in [1.165, 1.54) is 30.8 Å². The Hall–Kier alpha value is -3.17. The number of thiazole rings is 1. The molecule has 0 radical (unpaired) electrons. The number of aromatic nitrogens is 3. The molecule has 1 aromatic carbocycles. The molecule has 2 N–H and O–H groups in total. The lowest BCUT2D eigenvalue weighted by atomic mass is 10.0. The Balaban J connectivity index is 1.75. The van der Waals surface area contributed by atoms with Crippen LogP contribution in [0.25, 0.3) is 11.4 Å². The molecule has 29 heavy (non-hydrogen) atoms. The van der Waals surface area contributed by atoms with Gasteiger partial charge in [-0.2, -0.15) is 0 Å². The van der Waals surface area contributed by atoms with E-state index in [-0.39, 0.29) is 18.0 Å². The molecule has 0 aliphatic heterocycles. The highest BCUT2D eigenvalue weighted by atomic mass is 32.1. The fourth-order valence-electron chi connectivity index (χ4n) is 2.71. The third-order valence-electron chi connectivity index (χ3n) is 4.35. The molecule has 0 bridgehead atoms. The van der Waals surface area contributed by atoms with Crippen LogP contribution in [0.3, 0.4) is 0 Å². The number of ether oxygens (including phenoxy) is 1. The highest BCUT2D eigenvalue weighted by molar-refractivity contribution is 7.09. The Morgan fingerprint density at radius 3 is 2.55 bits per heavy atom. The fourth-order valence-corrected chi connectivity index (χ4v) is 3.50. The Morgan fingerprint density at radius 2 is 1.93 bits per heavy atom. The predicted octanol–water partition coefficient (Wildman–Crippen LogP) is 2.47. The number of aryl methyl sites for hydroxylation is 2. The number of esters is 1. The first-order chi connectivity index (χ1) is 13.9. The zero-order chi connectivity index (χ0) is 21.0. The van der Waals surface area contributed by atoms with Crippen molar-refractivity contribution >= 4 is 23.2 Å². The molecule has 150 valence electrons. The highest BCUT2D eigenvalue weighted by Crippen LogP contribution is 2.22. The highest BCUT2D eigenvalue weighted by Gasteiger charge is 2.17. The molecule has 0 unspecified atom stereocenters. The minimum absolute atomic E-state index is 0.0792. The standard InChI is InChI=1S/C20H20N4O4S/c1-11-4-5-13(18-21-7-14(8-22-18)20(27)28-3)6-15(11)19(26)23-9-16(25)17-12(2)24-10-29-17/h4-8,10,16,25H,9H2,1-3H3,(H,23,26)/t16-/m1/s1. The topological polar surface area (TPSA) is 114 Å². The monoisotopic (exact) mass is 412 g/mol. The van der Waals surface area contributed by atoms with Gasteiger partial charge >= 0.3 is 5.97 Å². The number of carbonyl (C=O) groups excluding carboxylic acids is 2. The Bertz CT molecular complexity index is 1030. The molecule has 0 saturated carbocycles. The number of amides is 1. The summed E-state index contributed by atoms with van der Waals surface area (Å²) in [5.74, 6) is -0.445. The molecule has 0 saturated heterocycles. The van der Waals surface area contributed by atoms with Crippen molar-refractivity contribution in [2.45, 2.75) is 20.0 Å². The van der Waals surface area contributed by atoms with Crippen LogP contribution in [0.1, 0.15) is 43.0 Å². The van der Waals surface area contributed by atoms with Gasteiger partial charge in [-0.25, -0.2) is 19.7 Å². The number of hydrogen-bond acceptors (Lipinski definition) is 8. The van der Waals surface area contributed by atoms with E-state index < -0.39 is 12.1 Å². The van der Waals surface area contributed by atoms with Crippen LogP contribution >= 0.6 is 11.3 Å². The van der Waals surface area contributed by atoms with Gasteiger partial charge in [-0.1, -0.05) is 12.1 Å². The number of benzene rings is 1. The van der Waals surface area contributed by atoms with E-state index in [0.717, 1.165) is 16.1 Å². The summed E-state index contributed by atoms with van der Waals surface area (Å²) >= 11 is 1.35. The summed E-state index contributed by atoms with van der Waals surface area (Å²) in [6.07, 6.45) is 1.94. The summed E-state index contributed by atoms with van der Waals surface area (Å²) in [4.78, 5) is 37.3. The molecule has 1 amide bonds. The van der Waals surface area contributed by atoms with Gasteiger partial charge in [0.25, 0.3) is 5.91 Å². The van der Waals surface area contributed by atoms with E-state index >= 15 is 0 Å². The third kappa shape index (κ3) is 4.64. The minimum atomic E-state index is -0.816. The van der Waals surface area contributed by atoms with Crippen molar-refractivity contribution in [3.63, 3.8) is 0 Å². The van der Waals surface area contributed by atoms with E-state index in [2.05, 4.69) is 25.0 Å². The van der Waals surface area contributed by atoms with Crippen molar-refractivity contribution in [1.29, 1.82) is 0 Å². The molecule has 3 rings (SSSR count). The van der Waals surface area contributed by atoms with Gasteiger partial charge < -0.3 is 15.2 Å². The lowest BCUT2D eigenvalue weighted by Crippen LogP contribution is -2.29.